The minimum atomic E-state index is -0.144. The van der Waals surface area contributed by atoms with E-state index in [0.717, 1.165) is 32.5 Å². The first-order chi connectivity index (χ1) is 12.2. The molecule has 0 spiro atoms. The lowest BCUT2D eigenvalue weighted by Gasteiger charge is -2.34. The van der Waals surface area contributed by atoms with Gasteiger partial charge < -0.3 is 10.1 Å². The standard InChI is InChI=1S/C19H26N4O2/c1-20-19(24)17-10-12-23(21-17)16-9-6-11-22(13-16)14-18(25-2)15-7-4-3-5-8-15/h3-5,7-8,10,12,16,18H,6,9,11,13-14H2,1-2H3,(H,20,24)/t16-,18+/m0/s1. The topological polar surface area (TPSA) is 59.4 Å². The van der Waals surface area contributed by atoms with Crippen LogP contribution in [0.1, 0.15) is 41.0 Å². The van der Waals surface area contributed by atoms with Crippen molar-refractivity contribution in [3.63, 3.8) is 0 Å². The Morgan fingerprint density at radius 1 is 1.36 bits per heavy atom. The number of hydrogen-bond acceptors (Lipinski definition) is 4. The van der Waals surface area contributed by atoms with Gasteiger partial charge in [-0.05, 0) is 31.0 Å². The van der Waals surface area contributed by atoms with Crippen LogP contribution in [0.25, 0.3) is 0 Å². The lowest BCUT2D eigenvalue weighted by molar-refractivity contribution is 0.0474. The monoisotopic (exact) mass is 342 g/mol. The van der Waals surface area contributed by atoms with E-state index in [2.05, 4.69) is 27.4 Å². The Morgan fingerprint density at radius 2 is 2.16 bits per heavy atom. The van der Waals surface area contributed by atoms with E-state index in [4.69, 9.17) is 4.74 Å². The van der Waals surface area contributed by atoms with E-state index in [0.29, 0.717) is 11.7 Å². The van der Waals surface area contributed by atoms with Crippen LogP contribution in [0.4, 0.5) is 0 Å². The molecule has 2 atom stereocenters. The highest BCUT2D eigenvalue weighted by Gasteiger charge is 2.25. The number of nitrogens with zero attached hydrogens (tertiary/aromatic N) is 3. The zero-order valence-electron chi connectivity index (χ0n) is 14.9. The number of benzene rings is 1. The molecular weight excluding hydrogens is 316 g/mol. The van der Waals surface area contributed by atoms with Crippen LogP contribution in [0.5, 0.6) is 0 Å². The molecule has 25 heavy (non-hydrogen) atoms. The molecule has 134 valence electrons. The normalized spacial score (nSPS) is 19.5. The molecule has 6 heteroatoms. The van der Waals surface area contributed by atoms with Gasteiger partial charge in [-0.1, -0.05) is 30.3 Å². The Balaban J connectivity index is 1.64. The Morgan fingerprint density at radius 3 is 2.88 bits per heavy atom. The van der Waals surface area contributed by atoms with Gasteiger partial charge in [-0.3, -0.25) is 14.4 Å². The molecule has 1 aliphatic rings. The van der Waals surface area contributed by atoms with Crippen LogP contribution in [-0.4, -0.2) is 54.4 Å². The van der Waals surface area contributed by atoms with E-state index in [1.165, 1.54) is 5.56 Å². The van der Waals surface area contributed by atoms with Crippen molar-refractivity contribution in [3.8, 4) is 0 Å². The van der Waals surface area contributed by atoms with E-state index in [1.54, 1.807) is 20.2 Å². The van der Waals surface area contributed by atoms with Gasteiger partial charge >= 0.3 is 0 Å². The van der Waals surface area contributed by atoms with Crippen molar-refractivity contribution in [1.82, 2.24) is 20.0 Å². The summed E-state index contributed by atoms with van der Waals surface area (Å²) in [5.41, 5.74) is 1.67. The van der Waals surface area contributed by atoms with E-state index >= 15 is 0 Å². The first-order valence-electron chi connectivity index (χ1n) is 8.78. The summed E-state index contributed by atoms with van der Waals surface area (Å²) in [4.78, 5) is 14.1. The number of carbonyl (C=O) groups is 1. The number of aromatic nitrogens is 2. The number of methoxy groups -OCH3 is 1. The van der Waals surface area contributed by atoms with Gasteiger partial charge in [0.25, 0.3) is 5.91 Å². The Hall–Kier alpha value is -2.18. The fourth-order valence-corrected chi connectivity index (χ4v) is 3.42. The summed E-state index contributed by atoms with van der Waals surface area (Å²) in [6.45, 7) is 2.84. The second kappa shape index (κ2) is 8.27. The quantitative estimate of drug-likeness (QED) is 0.875. The average Bonchev–Trinajstić information content (AvgIpc) is 3.16. The van der Waals surface area contributed by atoms with Gasteiger partial charge in [-0.25, -0.2) is 0 Å². The first-order valence-corrected chi connectivity index (χ1v) is 8.78. The summed E-state index contributed by atoms with van der Waals surface area (Å²) < 4.78 is 7.64. The number of carbonyl (C=O) groups excluding carboxylic acids is 1. The lowest BCUT2D eigenvalue weighted by atomic mass is 10.0. The zero-order valence-corrected chi connectivity index (χ0v) is 14.9. The van der Waals surface area contributed by atoms with Crippen LogP contribution in [0, 0.1) is 0 Å². The third-order valence-corrected chi connectivity index (χ3v) is 4.80. The van der Waals surface area contributed by atoms with Gasteiger partial charge in [-0.2, -0.15) is 5.10 Å². The van der Waals surface area contributed by atoms with Gasteiger partial charge in [-0.15, -0.1) is 0 Å². The van der Waals surface area contributed by atoms with E-state index < -0.39 is 0 Å². The summed E-state index contributed by atoms with van der Waals surface area (Å²) in [5, 5.41) is 7.06. The third-order valence-electron chi connectivity index (χ3n) is 4.80. The van der Waals surface area contributed by atoms with Crippen LogP contribution in [0.2, 0.25) is 0 Å². The van der Waals surface area contributed by atoms with Gasteiger partial charge in [0, 0.05) is 33.4 Å². The molecule has 3 rings (SSSR count). The van der Waals surface area contributed by atoms with Crippen molar-refractivity contribution in [1.29, 1.82) is 0 Å². The smallest absolute Gasteiger partial charge is 0.271 e. The summed E-state index contributed by atoms with van der Waals surface area (Å²) in [6.07, 6.45) is 4.17. The number of amides is 1. The molecule has 1 N–H and O–H groups in total. The number of hydrogen-bond donors (Lipinski definition) is 1. The highest BCUT2D eigenvalue weighted by Crippen LogP contribution is 2.25. The minimum absolute atomic E-state index is 0.0685. The Labute approximate surface area is 148 Å². The van der Waals surface area contributed by atoms with Crippen molar-refractivity contribution in [2.45, 2.75) is 25.0 Å². The van der Waals surface area contributed by atoms with E-state index in [-0.39, 0.29) is 12.0 Å². The summed E-state index contributed by atoms with van der Waals surface area (Å²) in [6, 6.07) is 12.4. The molecule has 1 aromatic heterocycles. The SMILES string of the molecule is CNC(=O)c1ccn([C@H]2CCCN(C[C@@H](OC)c3ccccc3)C2)n1. The summed E-state index contributed by atoms with van der Waals surface area (Å²) in [5.74, 6) is -0.144. The molecule has 1 saturated heterocycles. The number of nitrogens with one attached hydrogen (secondary N) is 1. The molecule has 1 fully saturated rings. The molecule has 1 aliphatic heterocycles. The molecule has 0 unspecified atom stereocenters. The minimum Gasteiger partial charge on any atom is -0.375 e. The van der Waals surface area contributed by atoms with E-state index in [9.17, 15) is 4.79 Å². The maximum atomic E-state index is 11.7. The van der Waals surface area contributed by atoms with Crippen molar-refractivity contribution < 1.29 is 9.53 Å². The maximum Gasteiger partial charge on any atom is 0.271 e. The molecule has 2 aromatic rings. The molecule has 1 aromatic carbocycles. The number of rotatable bonds is 6. The summed E-state index contributed by atoms with van der Waals surface area (Å²) >= 11 is 0. The van der Waals surface area contributed by atoms with Crippen LogP contribution >= 0.6 is 0 Å². The van der Waals surface area contributed by atoms with E-state index in [1.807, 2.05) is 29.1 Å². The molecule has 0 bridgehead atoms. The van der Waals surface area contributed by atoms with Crippen LogP contribution in [-0.2, 0) is 4.74 Å². The Bertz CT molecular complexity index is 686. The molecule has 0 saturated carbocycles. The fourth-order valence-electron chi connectivity index (χ4n) is 3.42. The van der Waals surface area contributed by atoms with Crippen LogP contribution < -0.4 is 5.32 Å². The highest BCUT2D eigenvalue weighted by molar-refractivity contribution is 5.91. The fraction of sp³-hybridized carbons (Fsp3) is 0.474. The van der Waals surface area contributed by atoms with Crippen molar-refractivity contribution in [2.75, 3.05) is 33.8 Å². The second-order valence-corrected chi connectivity index (χ2v) is 6.45. The van der Waals surface area contributed by atoms with Crippen molar-refractivity contribution >= 4 is 5.91 Å². The predicted molar refractivity (Wildman–Crippen MR) is 96.5 cm³/mol. The van der Waals surface area contributed by atoms with Gasteiger partial charge in [0.05, 0.1) is 12.1 Å². The third kappa shape index (κ3) is 4.27. The molecule has 0 radical (unpaired) electrons. The predicted octanol–water partition coefficient (Wildman–Crippen LogP) is 2.27. The maximum absolute atomic E-state index is 11.7. The molecule has 6 nitrogen and oxygen atoms in total. The number of ether oxygens (including phenoxy) is 1. The average molecular weight is 342 g/mol. The van der Waals surface area contributed by atoms with Crippen molar-refractivity contribution in [2.24, 2.45) is 0 Å². The zero-order chi connectivity index (χ0) is 17.6. The number of piperidine rings is 1. The molecule has 2 heterocycles. The Kier molecular flexibility index (Phi) is 5.83. The second-order valence-electron chi connectivity index (χ2n) is 6.45. The van der Waals surface area contributed by atoms with Gasteiger partial charge in [0.15, 0.2) is 0 Å². The lowest BCUT2D eigenvalue weighted by Crippen LogP contribution is -2.39. The molecule has 1 amide bonds. The van der Waals surface area contributed by atoms with Crippen LogP contribution in [0.3, 0.4) is 0 Å². The van der Waals surface area contributed by atoms with Gasteiger partial charge in [0.2, 0.25) is 0 Å². The largest absolute Gasteiger partial charge is 0.375 e. The molecule has 0 aliphatic carbocycles. The van der Waals surface area contributed by atoms with Gasteiger partial charge in [0.1, 0.15) is 5.69 Å². The number of likely N-dealkylation sites (tertiary alicyclic amines) is 1. The van der Waals surface area contributed by atoms with Crippen LogP contribution in [0.15, 0.2) is 42.6 Å². The van der Waals surface area contributed by atoms with Crippen molar-refractivity contribution in [3.05, 3.63) is 53.9 Å². The summed E-state index contributed by atoms with van der Waals surface area (Å²) in [7, 11) is 3.39. The highest BCUT2D eigenvalue weighted by atomic mass is 16.5. The first kappa shape index (κ1) is 17.6. The molecular formula is C19H26N4O2.